The number of rotatable bonds is 1. The minimum Gasteiger partial charge on any atom is -0.388 e. The average Bonchev–Trinajstić information content (AvgIpc) is 1.38. The molecule has 2 nitrogen and oxygen atoms in total. The minimum absolute atomic E-state index is 0.469. The van der Waals surface area contributed by atoms with Crippen molar-refractivity contribution in [1.29, 1.82) is 0 Å². The van der Waals surface area contributed by atoms with Crippen LogP contribution in [0.25, 0.3) is 0 Å². The van der Waals surface area contributed by atoms with Crippen molar-refractivity contribution in [3.63, 3.8) is 0 Å². The molecule has 0 bridgehead atoms. The smallest absolute Gasteiger partial charge is 0.211 e. The Morgan fingerprint density at radius 2 is 2.20 bits per heavy atom. The van der Waals surface area contributed by atoms with Crippen LogP contribution >= 0.6 is 12.6 Å². The summed E-state index contributed by atoms with van der Waals surface area (Å²) in [7, 11) is 0. The zero-order valence-corrected chi connectivity index (χ0v) is 3.40. The van der Waals surface area contributed by atoms with Crippen LogP contribution in [0.2, 0.25) is 0 Å². The van der Waals surface area contributed by atoms with Gasteiger partial charge in [-0.3, -0.25) is 4.79 Å². The van der Waals surface area contributed by atoms with Gasteiger partial charge in [0.2, 0.25) is 5.12 Å². The van der Waals surface area contributed by atoms with Gasteiger partial charge in [-0.05, 0) is 0 Å². The number of hydrogen-bond donors (Lipinski definition) is 2. The monoisotopic (exact) mass is 92.0 g/mol. The van der Waals surface area contributed by atoms with Gasteiger partial charge in [0.25, 0.3) is 0 Å². The number of aliphatic hydroxyl groups is 1. The molecule has 0 fully saturated rings. The largest absolute Gasteiger partial charge is 0.388 e. The highest BCUT2D eigenvalue weighted by Crippen LogP contribution is 1.69. The molecular weight excluding hydrogens is 88.1 g/mol. The molecule has 0 aliphatic rings. The van der Waals surface area contributed by atoms with Gasteiger partial charge >= 0.3 is 0 Å². The number of carbonyl (C=O) groups is 1. The Morgan fingerprint density at radius 3 is 2.20 bits per heavy atom. The van der Waals surface area contributed by atoms with Gasteiger partial charge in [-0.25, -0.2) is 0 Å². The fourth-order valence-corrected chi connectivity index (χ4v) is 0. The Hall–Kier alpha value is -0.0200. The predicted molar refractivity (Wildman–Crippen MR) is 21.1 cm³/mol. The first-order chi connectivity index (χ1) is 2.27. The third-order valence-corrected chi connectivity index (χ3v) is 0.277. The third-order valence-electron chi connectivity index (χ3n) is 0.135. The molecule has 0 saturated carbocycles. The molecule has 0 rings (SSSR count). The van der Waals surface area contributed by atoms with Crippen molar-refractivity contribution in [2.24, 2.45) is 0 Å². The highest BCUT2D eigenvalue weighted by atomic mass is 32.1. The lowest BCUT2D eigenvalue weighted by atomic mass is 10.8. The topological polar surface area (TPSA) is 37.3 Å². The van der Waals surface area contributed by atoms with Gasteiger partial charge in [-0.1, -0.05) is 0 Å². The van der Waals surface area contributed by atoms with E-state index < -0.39 is 11.7 Å². The molecule has 30 valence electrons. The van der Waals surface area contributed by atoms with E-state index in [2.05, 4.69) is 12.6 Å². The predicted octanol–water partition coefficient (Wildman–Crippen LogP) is -0.565. The van der Waals surface area contributed by atoms with Crippen LogP contribution in [-0.2, 0) is 4.79 Å². The fourth-order valence-electron chi connectivity index (χ4n) is 0. The van der Waals surface area contributed by atoms with Crippen LogP contribution in [0.15, 0.2) is 0 Å². The van der Waals surface area contributed by atoms with E-state index >= 15 is 0 Å². The van der Waals surface area contributed by atoms with Crippen molar-refractivity contribution in [3.8, 4) is 0 Å². The maximum absolute atomic E-state index is 9.43. The fraction of sp³-hybridized carbons (Fsp3) is 0.500. The normalized spacial score (nSPS) is 7.60. The van der Waals surface area contributed by atoms with Crippen LogP contribution in [0.1, 0.15) is 0 Å². The molecule has 0 radical (unpaired) electrons. The summed E-state index contributed by atoms with van der Waals surface area (Å²) in [6.07, 6.45) is 0. The standard InChI is InChI=1S/C2H4O2S/c3-1-2(4)5/h3H,1H2,(H,4,5). The Morgan fingerprint density at radius 1 is 2.00 bits per heavy atom. The number of thiol groups is 1. The quantitative estimate of drug-likeness (QED) is 0.425. The van der Waals surface area contributed by atoms with Crippen LogP contribution in [0, 0.1) is 0 Å². The van der Waals surface area contributed by atoms with E-state index in [1.54, 1.807) is 0 Å². The molecule has 0 heterocycles. The van der Waals surface area contributed by atoms with Gasteiger partial charge in [0.05, 0.1) is 0 Å². The summed E-state index contributed by atoms with van der Waals surface area (Å²) in [5.41, 5.74) is 0. The average molecular weight is 92.1 g/mol. The van der Waals surface area contributed by atoms with Crippen molar-refractivity contribution in [3.05, 3.63) is 0 Å². The number of aliphatic hydroxyl groups excluding tert-OH is 1. The molecule has 0 aromatic rings. The second-order valence-corrected chi connectivity index (χ2v) is 1.05. The molecule has 0 unspecified atom stereocenters. The summed E-state index contributed by atoms with van der Waals surface area (Å²) in [6.45, 7) is -0.469. The van der Waals surface area contributed by atoms with Crippen molar-refractivity contribution in [2.75, 3.05) is 6.61 Å². The Kier molecular flexibility index (Phi) is 2.22. The zero-order valence-electron chi connectivity index (χ0n) is 2.51. The molecule has 0 spiro atoms. The van der Waals surface area contributed by atoms with Gasteiger partial charge in [-0.15, -0.1) is 12.6 Å². The SMILES string of the molecule is O=C(S)CO. The summed E-state index contributed by atoms with van der Waals surface area (Å²) in [5, 5.41) is 7.22. The summed E-state index contributed by atoms with van der Waals surface area (Å²) < 4.78 is 0. The van der Waals surface area contributed by atoms with E-state index in [9.17, 15) is 4.79 Å². The van der Waals surface area contributed by atoms with Crippen molar-refractivity contribution in [2.45, 2.75) is 0 Å². The third kappa shape index (κ3) is 3.98. The van der Waals surface area contributed by atoms with Gasteiger partial charge in [0.1, 0.15) is 6.61 Å². The van der Waals surface area contributed by atoms with Gasteiger partial charge < -0.3 is 5.11 Å². The van der Waals surface area contributed by atoms with Crippen molar-refractivity contribution >= 4 is 17.7 Å². The van der Waals surface area contributed by atoms with Crippen molar-refractivity contribution in [1.82, 2.24) is 0 Å². The first kappa shape index (κ1) is 4.98. The van der Waals surface area contributed by atoms with E-state index in [0.717, 1.165) is 0 Å². The van der Waals surface area contributed by atoms with Crippen LogP contribution in [0.5, 0.6) is 0 Å². The highest BCUT2D eigenvalue weighted by molar-refractivity contribution is 7.96. The molecule has 3 heteroatoms. The lowest BCUT2D eigenvalue weighted by molar-refractivity contribution is -0.113. The summed E-state index contributed by atoms with van der Waals surface area (Å²) in [5.74, 6) is 0. The number of hydrogen-bond acceptors (Lipinski definition) is 2. The minimum atomic E-state index is -0.495. The van der Waals surface area contributed by atoms with Crippen molar-refractivity contribution < 1.29 is 9.90 Å². The van der Waals surface area contributed by atoms with E-state index in [1.807, 2.05) is 0 Å². The molecule has 0 aliphatic heterocycles. The maximum Gasteiger partial charge on any atom is 0.211 e. The summed E-state index contributed by atoms with van der Waals surface area (Å²) in [6, 6.07) is 0. The molecule has 0 aromatic carbocycles. The highest BCUT2D eigenvalue weighted by Gasteiger charge is 1.80. The molecule has 0 amide bonds. The van der Waals surface area contributed by atoms with E-state index in [4.69, 9.17) is 5.11 Å². The van der Waals surface area contributed by atoms with Gasteiger partial charge in [-0.2, -0.15) is 0 Å². The van der Waals surface area contributed by atoms with E-state index in [-0.39, 0.29) is 0 Å². The Balaban J connectivity index is 2.85. The first-order valence-electron chi connectivity index (χ1n) is 1.10. The molecule has 0 aromatic heterocycles. The molecule has 5 heavy (non-hydrogen) atoms. The lowest BCUT2D eigenvalue weighted by Gasteiger charge is -1.71. The Labute approximate surface area is 35.2 Å². The molecule has 0 aliphatic carbocycles. The van der Waals surface area contributed by atoms with Crippen LogP contribution in [0.3, 0.4) is 0 Å². The van der Waals surface area contributed by atoms with Crippen LogP contribution in [0.4, 0.5) is 0 Å². The molecular formula is C2H4O2S. The maximum atomic E-state index is 9.43. The van der Waals surface area contributed by atoms with Crippen LogP contribution in [-0.4, -0.2) is 16.8 Å². The van der Waals surface area contributed by atoms with E-state index in [1.165, 1.54) is 0 Å². The lowest BCUT2D eigenvalue weighted by Crippen LogP contribution is -1.89. The zero-order chi connectivity index (χ0) is 4.28. The second kappa shape index (κ2) is 2.23. The first-order valence-corrected chi connectivity index (χ1v) is 1.54. The van der Waals surface area contributed by atoms with Crippen LogP contribution < -0.4 is 0 Å². The second-order valence-electron chi connectivity index (χ2n) is 0.552. The summed E-state index contributed by atoms with van der Waals surface area (Å²) >= 11 is 3.21. The van der Waals surface area contributed by atoms with Gasteiger partial charge in [0, 0.05) is 0 Å². The summed E-state index contributed by atoms with van der Waals surface area (Å²) in [4.78, 5) is 9.43. The Bertz CT molecular complexity index is 42.9. The molecule has 0 saturated heterocycles. The van der Waals surface area contributed by atoms with Gasteiger partial charge in [0.15, 0.2) is 0 Å². The molecule has 1 N–H and O–H groups in total. The number of carbonyl (C=O) groups excluding carboxylic acids is 1. The molecule has 0 atom stereocenters. The van der Waals surface area contributed by atoms with E-state index in [0.29, 0.717) is 0 Å².